The maximum Gasteiger partial charge on any atom is 0.268 e. The topological polar surface area (TPSA) is 91.7 Å². The van der Waals surface area contributed by atoms with Gasteiger partial charge < -0.3 is 9.52 Å². The van der Waals surface area contributed by atoms with Crippen LogP contribution in [0.25, 0.3) is 0 Å². The zero-order valence-electron chi connectivity index (χ0n) is 10.5. The molecule has 0 aromatic carbocycles. The summed E-state index contributed by atoms with van der Waals surface area (Å²) in [6.07, 6.45) is 1.39. The summed E-state index contributed by atoms with van der Waals surface area (Å²) < 4.78 is 5.55. The number of nitrogens with one attached hydrogen (secondary N) is 1. The summed E-state index contributed by atoms with van der Waals surface area (Å²) in [5, 5.41) is 9.43. The van der Waals surface area contributed by atoms with Crippen molar-refractivity contribution in [3.05, 3.63) is 23.2 Å². The lowest BCUT2D eigenvalue weighted by atomic mass is 10.1. The Balaban J connectivity index is 2.00. The molecule has 4 N–H and O–H groups in total. The molecular formula is C12H19N3O3. The summed E-state index contributed by atoms with van der Waals surface area (Å²) in [6.45, 7) is 4.10. The number of aliphatic hydroxyl groups is 1. The zero-order valence-corrected chi connectivity index (χ0v) is 10.5. The number of nitrogens with two attached hydrogens (primary N) is 1. The molecular weight excluding hydrogens is 234 g/mol. The lowest BCUT2D eigenvalue weighted by Crippen LogP contribution is -2.35. The Hall–Kier alpha value is -1.37. The molecule has 0 aliphatic carbocycles. The van der Waals surface area contributed by atoms with Crippen LogP contribution in [0.15, 0.2) is 10.5 Å². The van der Waals surface area contributed by atoms with Gasteiger partial charge in [0.25, 0.3) is 5.91 Å². The molecule has 100 valence electrons. The number of nitrogens with zero attached hydrogens (tertiary/aromatic N) is 1. The molecule has 0 atom stereocenters. The Kier molecular flexibility index (Phi) is 4.00. The monoisotopic (exact) mass is 253 g/mol. The van der Waals surface area contributed by atoms with Crippen LogP contribution in [0.2, 0.25) is 0 Å². The number of carbonyl (C=O) groups is 1. The summed E-state index contributed by atoms with van der Waals surface area (Å²) in [7, 11) is 0. The number of nitrogen functional groups attached to an aromatic ring is 1. The first-order valence-corrected chi connectivity index (χ1v) is 6.11. The SMILES string of the molecule is Cc1oc(CN2CCC(O)CC2)cc1C(=O)NN. The van der Waals surface area contributed by atoms with Crippen LogP contribution in [0.1, 0.15) is 34.7 Å². The van der Waals surface area contributed by atoms with Crippen LogP contribution in [0, 0.1) is 6.92 Å². The minimum Gasteiger partial charge on any atom is -0.464 e. The fraction of sp³-hybridized carbons (Fsp3) is 0.583. The summed E-state index contributed by atoms with van der Waals surface area (Å²) in [6, 6.07) is 1.72. The molecule has 0 spiro atoms. The van der Waals surface area contributed by atoms with E-state index in [2.05, 4.69) is 10.3 Å². The molecule has 1 saturated heterocycles. The zero-order chi connectivity index (χ0) is 13.1. The number of hydrogen-bond donors (Lipinski definition) is 3. The van der Waals surface area contributed by atoms with Crippen molar-refractivity contribution >= 4 is 5.91 Å². The third-order valence-electron chi connectivity index (χ3n) is 3.28. The first-order valence-electron chi connectivity index (χ1n) is 6.11. The summed E-state index contributed by atoms with van der Waals surface area (Å²) >= 11 is 0. The fourth-order valence-electron chi connectivity index (χ4n) is 2.22. The van der Waals surface area contributed by atoms with Gasteiger partial charge in [-0.15, -0.1) is 0 Å². The van der Waals surface area contributed by atoms with Gasteiger partial charge in [0.15, 0.2) is 0 Å². The Morgan fingerprint density at radius 3 is 2.89 bits per heavy atom. The molecule has 1 aliphatic rings. The van der Waals surface area contributed by atoms with Crippen molar-refractivity contribution < 1.29 is 14.3 Å². The molecule has 1 amide bonds. The molecule has 2 heterocycles. The number of carbonyl (C=O) groups excluding carboxylic acids is 1. The van der Waals surface area contributed by atoms with Crippen LogP contribution in [0.4, 0.5) is 0 Å². The van der Waals surface area contributed by atoms with Crippen molar-refractivity contribution in [2.24, 2.45) is 5.84 Å². The Bertz CT molecular complexity index is 422. The number of furan rings is 1. The van der Waals surface area contributed by atoms with Gasteiger partial charge in [0.1, 0.15) is 11.5 Å². The molecule has 0 bridgehead atoms. The second-order valence-electron chi connectivity index (χ2n) is 4.66. The second-order valence-corrected chi connectivity index (χ2v) is 4.66. The van der Waals surface area contributed by atoms with E-state index in [1.807, 2.05) is 0 Å². The average Bonchev–Trinajstić information content (AvgIpc) is 2.72. The molecule has 6 nitrogen and oxygen atoms in total. The van der Waals surface area contributed by atoms with Crippen LogP contribution < -0.4 is 11.3 Å². The van der Waals surface area contributed by atoms with Crippen molar-refractivity contribution in [2.75, 3.05) is 13.1 Å². The molecule has 1 fully saturated rings. The van der Waals surface area contributed by atoms with Crippen molar-refractivity contribution in [3.8, 4) is 0 Å². The van der Waals surface area contributed by atoms with Crippen molar-refractivity contribution in [2.45, 2.75) is 32.4 Å². The lowest BCUT2D eigenvalue weighted by Gasteiger charge is -2.28. The standard InChI is InChI=1S/C12H19N3O3/c1-8-11(12(17)14-13)6-10(18-8)7-15-4-2-9(16)3-5-15/h6,9,16H,2-5,7,13H2,1H3,(H,14,17). The summed E-state index contributed by atoms with van der Waals surface area (Å²) in [4.78, 5) is 13.6. The average molecular weight is 253 g/mol. The van der Waals surface area contributed by atoms with Gasteiger partial charge in [0.05, 0.1) is 18.2 Å². The van der Waals surface area contributed by atoms with Gasteiger partial charge in [-0.2, -0.15) is 0 Å². The van der Waals surface area contributed by atoms with Crippen molar-refractivity contribution in [1.82, 2.24) is 10.3 Å². The number of likely N-dealkylation sites (tertiary alicyclic amines) is 1. The highest BCUT2D eigenvalue weighted by molar-refractivity contribution is 5.94. The van der Waals surface area contributed by atoms with Crippen molar-refractivity contribution in [3.63, 3.8) is 0 Å². The quantitative estimate of drug-likeness (QED) is 0.405. The highest BCUT2D eigenvalue weighted by atomic mass is 16.3. The highest BCUT2D eigenvalue weighted by Gasteiger charge is 2.20. The van der Waals surface area contributed by atoms with E-state index in [9.17, 15) is 9.90 Å². The maximum absolute atomic E-state index is 11.4. The Morgan fingerprint density at radius 1 is 1.61 bits per heavy atom. The Morgan fingerprint density at radius 2 is 2.28 bits per heavy atom. The fourth-order valence-corrected chi connectivity index (χ4v) is 2.22. The molecule has 18 heavy (non-hydrogen) atoms. The van der Waals surface area contributed by atoms with Gasteiger partial charge in [-0.3, -0.25) is 15.1 Å². The molecule has 6 heteroatoms. The number of hydrazine groups is 1. The van der Waals surface area contributed by atoms with E-state index < -0.39 is 0 Å². The van der Waals surface area contributed by atoms with Crippen LogP contribution in [-0.2, 0) is 6.54 Å². The van der Waals surface area contributed by atoms with E-state index in [0.29, 0.717) is 17.9 Å². The van der Waals surface area contributed by atoms with E-state index in [4.69, 9.17) is 10.3 Å². The third kappa shape index (κ3) is 2.90. The molecule has 0 radical (unpaired) electrons. The number of hydrogen-bond acceptors (Lipinski definition) is 5. The normalized spacial score (nSPS) is 17.9. The number of aryl methyl sites for hydroxylation is 1. The van der Waals surface area contributed by atoms with Gasteiger partial charge >= 0.3 is 0 Å². The number of aliphatic hydroxyl groups excluding tert-OH is 1. The van der Waals surface area contributed by atoms with Gasteiger partial charge in [-0.25, -0.2) is 5.84 Å². The number of piperidine rings is 1. The number of amides is 1. The predicted molar refractivity (Wildman–Crippen MR) is 65.6 cm³/mol. The van der Waals surface area contributed by atoms with Gasteiger partial charge in [-0.05, 0) is 25.8 Å². The molecule has 1 aliphatic heterocycles. The molecule has 1 aromatic heterocycles. The summed E-state index contributed by atoms with van der Waals surface area (Å²) in [5.41, 5.74) is 2.58. The first-order chi connectivity index (χ1) is 8.60. The van der Waals surface area contributed by atoms with E-state index in [-0.39, 0.29) is 12.0 Å². The Labute approximate surface area is 106 Å². The van der Waals surface area contributed by atoms with E-state index >= 15 is 0 Å². The minimum absolute atomic E-state index is 0.182. The smallest absolute Gasteiger partial charge is 0.268 e. The lowest BCUT2D eigenvalue weighted by molar-refractivity contribution is 0.0758. The molecule has 0 saturated carbocycles. The molecule has 2 rings (SSSR count). The predicted octanol–water partition coefficient (Wildman–Crippen LogP) is 0.148. The van der Waals surface area contributed by atoms with Crippen LogP contribution >= 0.6 is 0 Å². The van der Waals surface area contributed by atoms with Gasteiger partial charge in [-0.1, -0.05) is 0 Å². The van der Waals surface area contributed by atoms with E-state index in [0.717, 1.165) is 31.7 Å². The van der Waals surface area contributed by atoms with Gasteiger partial charge in [0, 0.05) is 13.1 Å². The molecule has 0 unspecified atom stereocenters. The maximum atomic E-state index is 11.4. The number of rotatable bonds is 3. The van der Waals surface area contributed by atoms with E-state index in [1.54, 1.807) is 13.0 Å². The van der Waals surface area contributed by atoms with Crippen molar-refractivity contribution in [1.29, 1.82) is 0 Å². The van der Waals surface area contributed by atoms with E-state index in [1.165, 1.54) is 0 Å². The van der Waals surface area contributed by atoms with Crippen LogP contribution in [0.5, 0.6) is 0 Å². The largest absolute Gasteiger partial charge is 0.464 e. The second kappa shape index (κ2) is 5.51. The van der Waals surface area contributed by atoms with Crippen LogP contribution in [0.3, 0.4) is 0 Å². The minimum atomic E-state index is -0.337. The highest BCUT2D eigenvalue weighted by Crippen LogP contribution is 2.18. The third-order valence-corrected chi connectivity index (χ3v) is 3.28. The first kappa shape index (κ1) is 13.1. The summed E-state index contributed by atoms with van der Waals surface area (Å²) in [5.74, 6) is 6.09. The van der Waals surface area contributed by atoms with Crippen LogP contribution in [-0.4, -0.2) is 35.1 Å². The molecule has 1 aromatic rings. The van der Waals surface area contributed by atoms with Gasteiger partial charge in [0.2, 0.25) is 0 Å².